The number of benzene rings is 2. The van der Waals surface area contributed by atoms with E-state index in [1.165, 1.54) is 0 Å². The highest BCUT2D eigenvalue weighted by atomic mass is 16.7. The molecule has 28 heavy (non-hydrogen) atoms. The molecule has 8 heteroatoms. The summed E-state index contributed by atoms with van der Waals surface area (Å²) in [5, 5.41) is 19.4. The summed E-state index contributed by atoms with van der Waals surface area (Å²) in [7, 11) is 0. The molecule has 146 valence electrons. The number of hydrogen-bond donors (Lipinski definition) is 3. The lowest BCUT2D eigenvalue weighted by atomic mass is 9.88. The van der Waals surface area contributed by atoms with Gasteiger partial charge < -0.3 is 10.2 Å². The topological polar surface area (TPSA) is 116 Å². The third kappa shape index (κ3) is 3.96. The standard InChI is InChI=1S/C20H20N2O6/c23-17(15-9-5-2-6-10-15)21-28-16-12-20(18(24)25,22(13-16)19(26)27)11-14-7-3-1-4-8-14/h1-10,16H,11-13H2,(H,21,23)(H,24,25)(H,26,27). The molecule has 0 spiro atoms. The first-order chi connectivity index (χ1) is 13.4. The molecule has 2 amide bonds. The summed E-state index contributed by atoms with van der Waals surface area (Å²) in [4.78, 5) is 42.2. The molecule has 1 saturated heterocycles. The Morgan fingerprint density at radius 1 is 1.04 bits per heavy atom. The number of hydrogen-bond acceptors (Lipinski definition) is 4. The summed E-state index contributed by atoms with van der Waals surface area (Å²) in [5.41, 5.74) is 1.70. The molecule has 0 aliphatic carbocycles. The first-order valence-corrected chi connectivity index (χ1v) is 8.71. The third-order valence-electron chi connectivity index (χ3n) is 4.79. The number of nitrogens with zero attached hydrogens (tertiary/aromatic N) is 1. The zero-order chi connectivity index (χ0) is 20.1. The summed E-state index contributed by atoms with van der Waals surface area (Å²) in [6.45, 7) is -0.163. The van der Waals surface area contributed by atoms with Crippen molar-refractivity contribution in [2.75, 3.05) is 6.54 Å². The van der Waals surface area contributed by atoms with Crippen LogP contribution in [0.15, 0.2) is 60.7 Å². The average Bonchev–Trinajstić information content (AvgIpc) is 3.07. The molecule has 1 aliphatic heterocycles. The Morgan fingerprint density at radius 2 is 1.64 bits per heavy atom. The Kier molecular flexibility index (Phi) is 5.60. The number of nitrogens with one attached hydrogen (secondary N) is 1. The van der Waals surface area contributed by atoms with Crippen molar-refractivity contribution in [3.63, 3.8) is 0 Å². The molecule has 0 aromatic heterocycles. The SMILES string of the molecule is O=C(NOC1CN(C(=O)O)C(Cc2ccccc2)(C(=O)O)C1)c1ccccc1. The number of carboxylic acid groups (broad SMARTS) is 2. The van der Waals surface area contributed by atoms with Gasteiger partial charge in [-0.2, -0.15) is 0 Å². The lowest BCUT2D eigenvalue weighted by Crippen LogP contribution is -2.54. The summed E-state index contributed by atoms with van der Waals surface area (Å²) in [6.07, 6.45) is -2.22. The fourth-order valence-corrected chi connectivity index (χ4v) is 3.43. The molecular weight excluding hydrogens is 364 g/mol. The minimum absolute atomic E-state index is 0.00195. The molecule has 0 bridgehead atoms. The van der Waals surface area contributed by atoms with Gasteiger partial charge >= 0.3 is 12.1 Å². The maximum absolute atomic E-state index is 12.1. The number of carbonyl (C=O) groups excluding carboxylic acids is 1. The van der Waals surface area contributed by atoms with Crippen LogP contribution in [0, 0.1) is 0 Å². The van der Waals surface area contributed by atoms with Gasteiger partial charge in [0.25, 0.3) is 5.91 Å². The van der Waals surface area contributed by atoms with Crippen molar-refractivity contribution in [1.29, 1.82) is 0 Å². The van der Waals surface area contributed by atoms with Crippen molar-refractivity contribution >= 4 is 18.0 Å². The van der Waals surface area contributed by atoms with Crippen LogP contribution in [0.1, 0.15) is 22.3 Å². The largest absolute Gasteiger partial charge is 0.479 e. The first-order valence-electron chi connectivity index (χ1n) is 8.71. The second kappa shape index (κ2) is 8.10. The highest BCUT2D eigenvalue weighted by Crippen LogP contribution is 2.34. The molecule has 3 rings (SSSR count). The first kappa shape index (κ1) is 19.4. The number of carbonyl (C=O) groups is 3. The quantitative estimate of drug-likeness (QED) is 0.657. The van der Waals surface area contributed by atoms with Gasteiger partial charge in [0.05, 0.1) is 6.54 Å². The summed E-state index contributed by atoms with van der Waals surface area (Å²) in [6, 6.07) is 17.2. The van der Waals surface area contributed by atoms with E-state index in [0.717, 1.165) is 4.90 Å². The highest BCUT2D eigenvalue weighted by molar-refractivity contribution is 5.93. The normalized spacial score (nSPS) is 21.3. The Balaban J connectivity index is 1.76. The van der Waals surface area contributed by atoms with Gasteiger partial charge in [-0.3, -0.25) is 14.5 Å². The smallest absolute Gasteiger partial charge is 0.408 e. The van der Waals surface area contributed by atoms with Gasteiger partial charge in [0, 0.05) is 18.4 Å². The van der Waals surface area contributed by atoms with E-state index >= 15 is 0 Å². The van der Waals surface area contributed by atoms with Crippen LogP contribution < -0.4 is 5.48 Å². The summed E-state index contributed by atoms with van der Waals surface area (Å²) >= 11 is 0. The van der Waals surface area contributed by atoms with E-state index in [1.807, 2.05) is 0 Å². The van der Waals surface area contributed by atoms with E-state index in [0.29, 0.717) is 11.1 Å². The fourth-order valence-electron chi connectivity index (χ4n) is 3.43. The van der Waals surface area contributed by atoms with Gasteiger partial charge in [0.2, 0.25) is 0 Å². The third-order valence-corrected chi connectivity index (χ3v) is 4.79. The van der Waals surface area contributed by atoms with Crippen LogP contribution in [0.4, 0.5) is 4.79 Å². The van der Waals surface area contributed by atoms with E-state index in [-0.39, 0.29) is 19.4 Å². The fraction of sp³-hybridized carbons (Fsp3) is 0.250. The van der Waals surface area contributed by atoms with E-state index in [4.69, 9.17) is 4.84 Å². The summed E-state index contributed by atoms with van der Waals surface area (Å²) in [5.74, 6) is -1.74. The molecule has 3 N–H and O–H groups in total. The molecule has 2 unspecified atom stereocenters. The molecule has 1 heterocycles. The van der Waals surface area contributed by atoms with E-state index in [1.54, 1.807) is 60.7 Å². The minimum atomic E-state index is -1.67. The van der Waals surface area contributed by atoms with Gasteiger partial charge in [-0.25, -0.2) is 15.1 Å². The molecule has 2 aromatic rings. The number of likely N-dealkylation sites (tertiary alicyclic amines) is 1. The lowest BCUT2D eigenvalue weighted by molar-refractivity contribution is -0.148. The van der Waals surface area contributed by atoms with Gasteiger partial charge in [0.15, 0.2) is 0 Å². The van der Waals surface area contributed by atoms with Gasteiger partial charge in [-0.05, 0) is 17.7 Å². The molecule has 2 atom stereocenters. The number of carboxylic acids is 1. The second-order valence-electron chi connectivity index (χ2n) is 6.63. The Morgan fingerprint density at radius 3 is 2.21 bits per heavy atom. The maximum Gasteiger partial charge on any atom is 0.408 e. The van der Waals surface area contributed by atoms with Crippen molar-refractivity contribution in [3.8, 4) is 0 Å². The van der Waals surface area contributed by atoms with Crippen LogP contribution in [-0.4, -0.2) is 51.3 Å². The molecular formula is C20H20N2O6. The van der Waals surface area contributed by atoms with Crippen molar-refractivity contribution in [1.82, 2.24) is 10.4 Å². The zero-order valence-electron chi connectivity index (χ0n) is 14.9. The highest BCUT2D eigenvalue weighted by Gasteiger charge is 2.54. The van der Waals surface area contributed by atoms with E-state index in [9.17, 15) is 24.6 Å². The zero-order valence-corrected chi connectivity index (χ0v) is 14.9. The molecule has 8 nitrogen and oxygen atoms in total. The number of hydroxylamine groups is 1. The number of amides is 2. The van der Waals surface area contributed by atoms with Crippen molar-refractivity contribution in [2.45, 2.75) is 24.5 Å². The number of aliphatic carboxylic acids is 1. The second-order valence-corrected chi connectivity index (χ2v) is 6.63. The van der Waals surface area contributed by atoms with Crippen LogP contribution in [0.25, 0.3) is 0 Å². The Labute approximate surface area is 161 Å². The van der Waals surface area contributed by atoms with Crippen molar-refractivity contribution < 1.29 is 29.4 Å². The minimum Gasteiger partial charge on any atom is -0.479 e. The van der Waals surface area contributed by atoms with Crippen LogP contribution in [0.3, 0.4) is 0 Å². The van der Waals surface area contributed by atoms with Crippen LogP contribution in [-0.2, 0) is 16.1 Å². The van der Waals surface area contributed by atoms with Crippen LogP contribution in [0.5, 0.6) is 0 Å². The van der Waals surface area contributed by atoms with E-state index < -0.39 is 29.6 Å². The molecule has 0 radical (unpaired) electrons. The van der Waals surface area contributed by atoms with Crippen molar-refractivity contribution in [2.24, 2.45) is 0 Å². The monoisotopic (exact) mass is 384 g/mol. The molecule has 1 fully saturated rings. The van der Waals surface area contributed by atoms with Crippen LogP contribution in [0.2, 0.25) is 0 Å². The van der Waals surface area contributed by atoms with Gasteiger partial charge in [0.1, 0.15) is 11.6 Å². The molecule has 1 aliphatic rings. The van der Waals surface area contributed by atoms with Gasteiger partial charge in [-0.1, -0.05) is 48.5 Å². The predicted octanol–water partition coefficient (Wildman–Crippen LogP) is 2.17. The van der Waals surface area contributed by atoms with Crippen LogP contribution >= 0.6 is 0 Å². The Bertz CT molecular complexity index is 858. The summed E-state index contributed by atoms with van der Waals surface area (Å²) < 4.78 is 0. The molecule has 2 aromatic carbocycles. The van der Waals surface area contributed by atoms with Crippen molar-refractivity contribution in [3.05, 3.63) is 71.8 Å². The predicted molar refractivity (Wildman–Crippen MR) is 98.6 cm³/mol. The van der Waals surface area contributed by atoms with Gasteiger partial charge in [-0.15, -0.1) is 0 Å². The Hall–Kier alpha value is -3.39. The lowest BCUT2D eigenvalue weighted by Gasteiger charge is -2.32. The number of rotatable bonds is 6. The maximum atomic E-state index is 12.1. The molecule has 0 saturated carbocycles. The van der Waals surface area contributed by atoms with E-state index in [2.05, 4.69) is 5.48 Å². The average molecular weight is 384 g/mol.